The molecule has 1 atom stereocenters. The molecule has 1 saturated carbocycles. The van der Waals surface area contributed by atoms with E-state index >= 15 is 0 Å². The molecule has 11 heteroatoms. The number of sulfonamides is 1. The summed E-state index contributed by atoms with van der Waals surface area (Å²) in [5.41, 5.74) is 0.196. The summed E-state index contributed by atoms with van der Waals surface area (Å²) in [6.45, 7) is -0.291. The maximum atomic E-state index is 13.3. The van der Waals surface area contributed by atoms with Crippen LogP contribution < -0.4 is 20.1 Å². The Labute approximate surface area is 172 Å². The molecule has 0 aromatic heterocycles. The van der Waals surface area contributed by atoms with E-state index in [1.807, 2.05) is 0 Å². The third-order valence-electron chi connectivity index (χ3n) is 4.41. The summed E-state index contributed by atoms with van der Waals surface area (Å²) in [5.74, 6) is -1.93. The summed E-state index contributed by atoms with van der Waals surface area (Å²) < 4.78 is 58.7. The first-order valence-corrected chi connectivity index (χ1v) is 10.6. The standard InChI is InChI=1S/C19H21F2N3O5S/c1-29-18-7-5-13(30(27,28)24-12-3-4-12)9-16(18)23-19(26)22-10-17(25)11-2-6-14(20)15(21)8-11/h2,5-9,12,17,24-25H,3-4,10H2,1H3,(H2,22,23,26). The van der Waals surface area contributed by atoms with Crippen molar-refractivity contribution in [2.24, 2.45) is 0 Å². The van der Waals surface area contributed by atoms with Crippen molar-refractivity contribution < 1.29 is 31.8 Å². The van der Waals surface area contributed by atoms with Gasteiger partial charge in [0.2, 0.25) is 10.0 Å². The highest BCUT2D eigenvalue weighted by atomic mass is 32.2. The summed E-state index contributed by atoms with van der Waals surface area (Å²) in [7, 11) is -2.37. The first-order chi connectivity index (χ1) is 14.2. The van der Waals surface area contributed by atoms with E-state index in [-0.39, 0.29) is 34.5 Å². The van der Waals surface area contributed by atoms with Crippen molar-refractivity contribution in [2.45, 2.75) is 29.9 Å². The first-order valence-electron chi connectivity index (χ1n) is 9.08. The molecule has 3 rings (SSSR count). The lowest BCUT2D eigenvalue weighted by atomic mass is 10.1. The maximum Gasteiger partial charge on any atom is 0.319 e. The number of rotatable bonds is 8. The van der Waals surface area contributed by atoms with Crippen molar-refractivity contribution in [3.63, 3.8) is 0 Å². The fraction of sp³-hybridized carbons (Fsp3) is 0.316. The predicted octanol–water partition coefficient (Wildman–Crippen LogP) is 2.27. The van der Waals surface area contributed by atoms with Gasteiger partial charge in [-0.2, -0.15) is 0 Å². The van der Waals surface area contributed by atoms with E-state index in [0.717, 1.165) is 25.0 Å². The quantitative estimate of drug-likeness (QED) is 0.502. The number of hydrogen-bond donors (Lipinski definition) is 4. The zero-order valence-electron chi connectivity index (χ0n) is 16.0. The van der Waals surface area contributed by atoms with E-state index in [1.165, 1.54) is 31.4 Å². The predicted molar refractivity (Wildman–Crippen MR) is 105 cm³/mol. The normalized spacial score (nSPS) is 14.8. The van der Waals surface area contributed by atoms with Crippen molar-refractivity contribution >= 4 is 21.7 Å². The van der Waals surface area contributed by atoms with E-state index in [0.29, 0.717) is 0 Å². The molecule has 1 aliphatic carbocycles. The van der Waals surface area contributed by atoms with Gasteiger partial charge in [0.05, 0.1) is 23.8 Å². The number of aliphatic hydroxyl groups is 1. The Morgan fingerprint density at radius 2 is 1.93 bits per heavy atom. The van der Waals surface area contributed by atoms with Gasteiger partial charge >= 0.3 is 6.03 Å². The number of anilines is 1. The van der Waals surface area contributed by atoms with Crippen LogP contribution in [-0.2, 0) is 10.0 Å². The zero-order chi connectivity index (χ0) is 21.9. The summed E-state index contributed by atoms with van der Waals surface area (Å²) in [6.07, 6.45) is 0.286. The molecule has 162 valence electrons. The Morgan fingerprint density at radius 1 is 1.20 bits per heavy atom. The van der Waals surface area contributed by atoms with E-state index < -0.39 is 33.8 Å². The van der Waals surface area contributed by atoms with Gasteiger partial charge in [-0.15, -0.1) is 0 Å². The second kappa shape index (κ2) is 8.94. The van der Waals surface area contributed by atoms with Gasteiger partial charge in [-0.1, -0.05) is 6.07 Å². The number of hydrogen-bond acceptors (Lipinski definition) is 5. The SMILES string of the molecule is COc1ccc(S(=O)(=O)NC2CC2)cc1NC(=O)NCC(O)c1ccc(F)c(F)c1. The minimum Gasteiger partial charge on any atom is -0.495 e. The molecule has 0 bridgehead atoms. The lowest BCUT2D eigenvalue weighted by molar-refractivity contribution is 0.174. The van der Waals surface area contributed by atoms with Gasteiger partial charge in [-0.3, -0.25) is 0 Å². The largest absolute Gasteiger partial charge is 0.495 e. The molecule has 1 unspecified atom stereocenters. The van der Waals surface area contributed by atoms with Gasteiger partial charge in [0.15, 0.2) is 11.6 Å². The number of benzene rings is 2. The van der Waals surface area contributed by atoms with Crippen LogP contribution in [0.25, 0.3) is 0 Å². The molecule has 4 N–H and O–H groups in total. The van der Waals surface area contributed by atoms with Crippen LogP contribution in [0.3, 0.4) is 0 Å². The Balaban J connectivity index is 1.66. The van der Waals surface area contributed by atoms with Crippen LogP contribution in [0, 0.1) is 11.6 Å². The third-order valence-corrected chi connectivity index (χ3v) is 5.93. The van der Waals surface area contributed by atoms with E-state index in [2.05, 4.69) is 15.4 Å². The molecule has 0 saturated heterocycles. The van der Waals surface area contributed by atoms with Crippen molar-refractivity contribution in [1.82, 2.24) is 10.0 Å². The number of carbonyl (C=O) groups is 1. The average Bonchev–Trinajstić information content (AvgIpc) is 3.51. The van der Waals surface area contributed by atoms with Crippen LogP contribution in [0.1, 0.15) is 24.5 Å². The van der Waals surface area contributed by atoms with Crippen LogP contribution in [0.5, 0.6) is 5.75 Å². The molecule has 8 nitrogen and oxygen atoms in total. The molecular weight excluding hydrogens is 420 g/mol. The maximum absolute atomic E-state index is 13.3. The molecule has 0 spiro atoms. The molecule has 1 aliphatic rings. The minimum atomic E-state index is -3.73. The monoisotopic (exact) mass is 441 g/mol. The third kappa shape index (κ3) is 5.43. The van der Waals surface area contributed by atoms with Gasteiger partial charge in [0.25, 0.3) is 0 Å². The second-order valence-electron chi connectivity index (χ2n) is 6.78. The molecule has 2 aromatic carbocycles. The number of amides is 2. The van der Waals surface area contributed by atoms with Crippen molar-refractivity contribution in [3.8, 4) is 5.75 Å². The lowest BCUT2D eigenvalue weighted by Crippen LogP contribution is -2.32. The van der Waals surface area contributed by atoms with Crippen molar-refractivity contribution in [2.75, 3.05) is 19.0 Å². The minimum absolute atomic E-state index is 0.0349. The lowest BCUT2D eigenvalue weighted by Gasteiger charge is -2.15. The van der Waals surface area contributed by atoms with Gasteiger partial charge in [0.1, 0.15) is 5.75 Å². The molecular formula is C19H21F2N3O5S. The van der Waals surface area contributed by atoms with Crippen LogP contribution in [0.2, 0.25) is 0 Å². The van der Waals surface area contributed by atoms with Crippen molar-refractivity contribution in [1.29, 1.82) is 0 Å². The molecule has 2 aromatic rings. The fourth-order valence-electron chi connectivity index (χ4n) is 2.63. The molecule has 0 radical (unpaired) electrons. The zero-order valence-corrected chi connectivity index (χ0v) is 16.8. The first kappa shape index (κ1) is 21.9. The highest BCUT2D eigenvalue weighted by Crippen LogP contribution is 2.29. The number of carbonyl (C=O) groups excluding carboxylic acids is 1. The number of methoxy groups -OCH3 is 1. The summed E-state index contributed by atoms with van der Waals surface area (Å²) in [6, 6.07) is 6.12. The van der Waals surface area contributed by atoms with Crippen LogP contribution >= 0.6 is 0 Å². The Bertz CT molecular complexity index is 1040. The number of urea groups is 1. The highest BCUT2D eigenvalue weighted by Gasteiger charge is 2.28. The summed E-state index contributed by atoms with van der Waals surface area (Å²) in [5, 5.41) is 14.9. The van der Waals surface area contributed by atoms with Gasteiger partial charge in [-0.25, -0.2) is 26.7 Å². The van der Waals surface area contributed by atoms with Crippen LogP contribution in [0.4, 0.5) is 19.3 Å². The second-order valence-corrected chi connectivity index (χ2v) is 8.50. The number of aliphatic hydroxyl groups excluding tert-OH is 1. The van der Waals surface area contributed by atoms with Gasteiger partial charge in [0, 0.05) is 12.6 Å². The summed E-state index contributed by atoms with van der Waals surface area (Å²) in [4.78, 5) is 12.2. The molecule has 0 aliphatic heterocycles. The van der Waals surface area contributed by atoms with E-state index in [4.69, 9.17) is 4.74 Å². The van der Waals surface area contributed by atoms with Crippen LogP contribution in [0.15, 0.2) is 41.3 Å². The number of ether oxygens (including phenoxy) is 1. The molecule has 2 amide bonds. The number of halogens is 2. The smallest absolute Gasteiger partial charge is 0.319 e. The van der Waals surface area contributed by atoms with E-state index in [9.17, 15) is 27.1 Å². The van der Waals surface area contributed by atoms with Crippen LogP contribution in [-0.4, -0.2) is 39.3 Å². The molecule has 0 heterocycles. The Hall–Kier alpha value is -2.76. The fourth-order valence-corrected chi connectivity index (χ4v) is 3.96. The van der Waals surface area contributed by atoms with Gasteiger partial charge in [-0.05, 0) is 48.7 Å². The molecule has 1 fully saturated rings. The van der Waals surface area contributed by atoms with Gasteiger partial charge < -0.3 is 20.5 Å². The Morgan fingerprint density at radius 3 is 2.57 bits per heavy atom. The molecule has 30 heavy (non-hydrogen) atoms. The Kier molecular flexibility index (Phi) is 6.54. The van der Waals surface area contributed by atoms with E-state index in [1.54, 1.807) is 0 Å². The number of nitrogens with one attached hydrogen (secondary N) is 3. The summed E-state index contributed by atoms with van der Waals surface area (Å²) >= 11 is 0. The topological polar surface area (TPSA) is 117 Å². The average molecular weight is 441 g/mol. The van der Waals surface area contributed by atoms with Crippen molar-refractivity contribution in [3.05, 3.63) is 53.6 Å². The highest BCUT2D eigenvalue weighted by molar-refractivity contribution is 7.89.